The molecule has 58 heavy (non-hydrogen) atoms. The Morgan fingerprint density at radius 3 is 1.95 bits per heavy atom. The monoisotopic (exact) mass is 817 g/mol. The molecule has 0 aromatic heterocycles. The van der Waals surface area contributed by atoms with Crippen LogP contribution in [0.5, 0.6) is 5.75 Å². The number of nitrogens with two attached hydrogens (primary N) is 3. The molecule has 0 aliphatic carbocycles. The lowest BCUT2D eigenvalue weighted by Crippen LogP contribution is -2.60. The van der Waals surface area contributed by atoms with E-state index in [4.69, 9.17) is 17.2 Å². The smallest absolute Gasteiger partial charge is 0.326 e. The summed E-state index contributed by atoms with van der Waals surface area (Å²) in [5, 5.41) is 31.4. The first-order chi connectivity index (χ1) is 27.1. The van der Waals surface area contributed by atoms with Crippen LogP contribution in [0, 0.1) is 11.8 Å². The number of aliphatic carboxylic acids is 1. The number of nitrogens with zero attached hydrogens (tertiary/aromatic N) is 1. The molecule has 1 aromatic rings. The Kier molecular flexibility index (Phi) is 19.0. The van der Waals surface area contributed by atoms with E-state index in [1.165, 1.54) is 24.0 Å². The summed E-state index contributed by atoms with van der Waals surface area (Å²) in [4.78, 5) is 117. The van der Waals surface area contributed by atoms with Gasteiger partial charge in [-0.3, -0.25) is 38.4 Å². The van der Waals surface area contributed by atoms with Gasteiger partial charge in [0.2, 0.25) is 47.3 Å². The minimum atomic E-state index is -1.64. The number of carboxylic acid groups (broad SMARTS) is 1. The number of carbonyl (C=O) groups is 9. The van der Waals surface area contributed by atoms with E-state index in [-0.39, 0.29) is 50.3 Å². The maximum absolute atomic E-state index is 13.7. The van der Waals surface area contributed by atoms with E-state index in [1.54, 1.807) is 39.8 Å². The number of amides is 8. The van der Waals surface area contributed by atoms with Gasteiger partial charge in [-0.1, -0.05) is 46.2 Å². The van der Waals surface area contributed by atoms with Crippen LogP contribution in [-0.2, 0) is 49.6 Å². The fraction of sp³-hybridized carbons (Fsp3) is 0.605. The number of nitrogens with one attached hydrogen (secondary N) is 5. The van der Waals surface area contributed by atoms with Gasteiger partial charge in [0.05, 0.1) is 12.5 Å². The van der Waals surface area contributed by atoms with Crippen LogP contribution in [-0.4, -0.2) is 117 Å². The quantitative estimate of drug-likeness (QED) is 0.0574. The van der Waals surface area contributed by atoms with Gasteiger partial charge in [-0.05, 0) is 68.6 Å². The number of benzene rings is 1. The molecule has 8 amide bonds. The molecule has 1 fully saturated rings. The molecule has 0 saturated carbocycles. The molecule has 20 heteroatoms. The molecular formula is C38H59N9O11. The zero-order chi connectivity index (χ0) is 43.9. The number of primary amides is 2. The normalized spacial score (nSPS) is 17.4. The highest BCUT2D eigenvalue weighted by molar-refractivity contribution is 5.97. The second kappa shape index (κ2) is 22.8. The number of phenolic OH excluding ortho intramolecular Hbond substituents is 1. The molecule has 20 nitrogen and oxygen atoms in total. The van der Waals surface area contributed by atoms with Gasteiger partial charge in [0.15, 0.2) is 0 Å². The number of aromatic hydroxyl groups is 1. The first-order valence-electron chi connectivity index (χ1n) is 19.3. The highest BCUT2D eigenvalue weighted by Gasteiger charge is 2.39. The summed E-state index contributed by atoms with van der Waals surface area (Å²) in [6.07, 6.45) is 0.156. The van der Waals surface area contributed by atoms with Gasteiger partial charge in [-0.15, -0.1) is 0 Å². The Hall–Kier alpha value is -5.79. The van der Waals surface area contributed by atoms with Gasteiger partial charge in [0, 0.05) is 13.0 Å². The second-order valence-electron chi connectivity index (χ2n) is 15.1. The van der Waals surface area contributed by atoms with E-state index in [0.717, 1.165) is 0 Å². The maximum Gasteiger partial charge on any atom is 0.326 e. The van der Waals surface area contributed by atoms with Crippen LogP contribution >= 0.6 is 0 Å². The zero-order valence-electron chi connectivity index (χ0n) is 33.6. The highest BCUT2D eigenvalue weighted by Crippen LogP contribution is 2.20. The van der Waals surface area contributed by atoms with Crippen LogP contribution in [0.2, 0.25) is 0 Å². The van der Waals surface area contributed by atoms with Crippen LogP contribution in [0.3, 0.4) is 0 Å². The van der Waals surface area contributed by atoms with Gasteiger partial charge in [-0.2, -0.15) is 0 Å². The van der Waals surface area contributed by atoms with Crippen molar-refractivity contribution in [1.29, 1.82) is 0 Å². The van der Waals surface area contributed by atoms with E-state index >= 15 is 0 Å². The lowest BCUT2D eigenvalue weighted by molar-refractivity contribution is -0.144. The first kappa shape index (κ1) is 48.4. The fourth-order valence-corrected chi connectivity index (χ4v) is 6.31. The van der Waals surface area contributed by atoms with Gasteiger partial charge in [0.25, 0.3) is 0 Å². The zero-order valence-corrected chi connectivity index (χ0v) is 33.6. The molecule has 13 N–H and O–H groups in total. The van der Waals surface area contributed by atoms with Gasteiger partial charge in [-0.25, -0.2) is 4.79 Å². The van der Waals surface area contributed by atoms with Crippen molar-refractivity contribution in [2.45, 2.75) is 128 Å². The molecule has 1 heterocycles. The van der Waals surface area contributed by atoms with Crippen LogP contribution in [0.15, 0.2) is 24.3 Å². The Labute approximate surface area is 337 Å². The molecule has 0 bridgehead atoms. The topological polar surface area (TPSA) is 336 Å². The Morgan fingerprint density at radius 2 is 1.40 bits per heavy atom. The molecule has 0 radical (unpaired) electrons. The minimum Gasteiger partial charge on any atom is -0.508 e. The lowest BCUT2D eigenvalue weighted by Gasteiger charge is -2.29. The van der Waals surface area contributed by atoms with E-state index in [0.29, 0.717) is 18.4 Å². The minimum absolute atomic E-state index is 0.0531. The Morgan fingerprint density at radius 1 is 0.793 bits per heavy atom. The molecule has 322 valence electrons. The lowest BCUT2D eigenvalue weighted by atomic mass is 9.97. The largest absolute Gasteiger partial charge is 0.508 e. The Bertz CT molecular complexity index is 1660. The third kappa shape index (κ3) is 15.3. The number of hydrogen-bond acceptors (Lipinski definition) is 11. The van der Waals surface area contributed by atoms with Gasteiger partial charge < -0.3 is 58.9 Å². The molecule has 1 aliphatic rings. The van der Waals surface area contributed by atoms with Gasteiger partial charge >= 0.3 is 5.97 Å². The number of rotatable bonds is 23. The van der Waals surface area contributed by atoms with Crippen LogP contribution in [0.4, 0.5) is 0 Å². The molecule has 1 aromatic carbocycles. The third-order valence-electron chi connectivity index (χ3n) is 9.77. The number of carboxylic acids is 1. The van der Waals surface area contributed by atoms with Crippen molar-refractivity contribution in [3.63, 3.8) is 0 Å². The standard InChI is InChI=1S/C38H59N9O11/c1-6-20(4)31(36(55)45-27(38(57)58)18-30(41)50)46-32(51)21(5)42-34(53)26(16-19(2)3)44-33(52)25(13-14-29(40)49)43-35(54)28-8-7-15-47(28)37(56)24(39)17-22-9-11-23(48)12-10-22/h9-12,19-21,24-28,31,48H,6-8,13-18,39H2,1-5H3,(H2,40,49)(H2,41,50)(H,42,53)(H,43,54)(H,44,52)(H,45,55)(H,46,51)(H,57,58). The SMILES string of the molecule is CCC(C)C(NC(=O)C(C)NC(=O)C(CC(C)C)NC(=O)C(CCC(N)=O)NC(=O)C1CCCN1C(=O)C(N)Cc1ccc(O)cc1)C(=O)NC(CC(N)=O)C(=O)O. The van der Waals surface area contributed by atoms with Crippen molar-refractivity contribution in [3.8, 4) is 5.75 Å². The molecule has 8 atom stereocenters. The molecule has 0 spiro atoms. The summed E-state index contributed by atoms with van der Waals surface area (Å²) in [6, 6.07) is -2.54. The summed E-state index contributed by atoms with van der Waals surface area (Å²) >= 11 is 0. The summed E-state index contributed by atoms with van der Waals surface area (Å²) in [5.41, 5.74) is 17.4. The third-order valence-corrected chi connectivity index (χ3v) is 9.77. The first-order valence-corrected chi connectivity index (χ1v) is 19.3. The van der Waals surface area contributed by atoms with E-state index in [1.807, 2.05) is 0 Å². The molecule has 2 rings (SSSR count). The highest BCUT2D eigenvalue weighted by atomic mass is 16.4. The summed E-state index contributed by atoms with van der Waals surface area (Å²) < 4.78 is 0. The molecular weight excluding hydrogens is 758 g/mol. The van der Waals surface area contributed by atoms with Crippen molar-refractivity contribution in [2.75, 3.05) is 6.54 Å². The van der Waals surface area contributed by atoms with Gasteiger partial charge in [0.1, 0.15) is 42.0 Å². The average molecular weight is 818 g/mol. The number of hydrogen-bond donors (Lipinski definition) is 10. The van der Waals surface area contributed by atoms with Crippen LogP contribution in [0.25, 0.3) is 0 Å². The number of phenols is 1. The van der Waals surface area contributed by atoms with E-state index in [9.17, 15) is 53.4 Å². The molecule has 1 saturated heterocycles. The average Bonchev–Trinajstić information content (AvgIpc) is 3.64. The fourth-order valence-electron chi connectivity index (χ4n) is 6.31. The van der Waals surface area contributed by atoms with Crippen LogP contribution in [0.1, 0.15) is 85.1 Å². The maximum atomic E-state index is 13.7. The van der Waals surface area contributed by atoms with Crippen molar-refractivity contribution in [1.82, 2.24) is 31.5 Å². The summed E-state index contributed by atoms with van der Waals surface area (Å²) in [7, 11) is 0. The summed E-state index contributed by atoms with van der Waals surface area (Å²) in [6.45, 7) is 8.51. The molecule has 1 aliphatic heterocycles. The Balaban J connectivity index is 2.19. The van der Waals surface area contributed by atoms with E-state index < -0.39 is 108 Å². The summed E-state index contributed by atoms with van der Waals surface area (Å²) in [5.74, 6) is -8.30. The van der Waals surface area contributed by atoms with Crippen molar-refractivity contribution < 1.29 is 53.4 Å². The number of likely N-dealkylation sites (tertiary alicyclic amines) is 1. The van der Waals surface area contributed by atoms with Crippen LogP contribution < -0.4 is 43.8 Å². The van der Waals surface area contributed by atoms with Crippen molar-refractivity contribution in [3.05, 3.63) is 29.8 Å². The predicted octanol–water partition coefficient (Wildman–Crippen LogP) is -1.99. The number of carbonyl (C=O) groups excluding carboxylic acids is 8. The predicted molar refractivity (Wildman–Crippen MR) is 209 cm³/mol. The second-order valence-corrected chi connectivity index (χ2v) is 15.1. The van der Waals surface area contributed by atoms with E-state index in [2.05, 4.69) is 26.6 Å². The van der Waals surface area contributed by atoms with Crippen molar-refractivity contribution >= 4 is 53.2 Å². The van der Waals surface area contributed by atoms with Crippen molar-refractivity contribution in [2.24, 2.45) is 29.0 Å². The molecule has 8 unspecified atom stereocenters.